The number of carbonyl (C=O) groups excluding carboxylic acids is 1. The minimum Gasteiger partial charge on any atom is -0.497 e. The summed E-state index contributed by atoms with van der Waals surface area (Å²) in [4.78, 5) is 20.9. The number of nitrogens with one attached hydrogen (secondary N) is 1. The first kappa shape index (κ1) is 23.9. The van der Waals surface area contributed by atoms with E-state index in [9.17, 15) is 4.79 Å². The van der Waals surface area contributed by atoms with E-state index in [1.165, 1.54) is 12.3 Å². The molecule has 0 radical (unpaired) electrons. The lowest BCUT2D eigenvalue weighted by molar-refractivity contribution is 0.0977. The van der Waals surface area contributed by atoms with Gasteiger partial charge in [0, 0.05) is 17.3 Å². The smallest absolute Gasteiger partial charge is 0.256 e. The normalized spacial score (nSPS) is 11.8. The van der Waals surface area contributed by atoms with Gasteiger partial charge < -0.3 is 20.5 Å². The number of nitrogen functional groups attached to an aromatic ring is 1. The monoisotopic (exact) mass is 462 g/mol. The van der Waals surface area contributed by atoms with Crippen LogP contribution in [0.15, 0.2) is 65.1 Å². The molecular weight excluding hydrogens is 436 g/mol. The van der Waals surface area contributed by atoms with Crippen LogP contribution in [0, 0.1) is 13.8 Å². The van der Waals surface area contributed by atoms with E-state index in [1.54, 1.807) is 25.5 Å². The van der Waals surface area contributed by atoms with Crippen LogP contribution in [0.4, 0.5) is 5.82 Å². The van der Waals surface area contributed by atoms with Gasteiger partial charge in [-0.05, 0) is 85.8 Å². The number of benzene rings is 2. The highest BCUT2D eigenvalue weighted by atomic mass is 32.1. The Kier molecular flexibility index (Phi) is 7.74. The minimum atomic E-state index is -0.319. The second-order valence-electron chi connectivity index (χ2n) is 7.34. The number of thiol groups is 1. The number of methoxy groups -OCH3 is 1. The second-order valence-corrected chi connectivity index (χ2v) is 7.60. The number of rotatable bonds is 6. The molecule has 1 aromatic heterocycles. The molecule has 0 fully saturated rings. The molecule has 2 aromatic carbocycles. The fraction of sp³-hybridized carbons (Fsp3) is 0.160. The average Bonchev–Trinajstić information content (AvgIpc) is 2.78. The summed E-state index contributed by atoms with van der Waals surface area (Å²) < 4.78 is 11.2. The van der Waals surface area contributed by atoms with E-state index in [0.29, 0.717) is 28.6 Å². The molecule has 3 N–H and O–H groups in total. The first-order chi connectivity index (χ1) is 15.8. The zero-order valence-corrected chi connectivity index (χ0v) is 19.8. The van der Waals surface area contributed by atoms with Crippen LogP contribution in [0.25, 0.3) is 5.70 Å². The van der Waals surface area contributed by atoms with Crippen molar-refractivity contribution >= 4 is 35.9 Å². The summed E-state index contributed by atoms with van der Waals surface area (Å²) in [7, 11) is 1.62. The molecule has 3 rings (SSSR count). The lowest BCUT2D eigenvalue weighted by atomic mass is 10.00. The number of nitrogens with zero attached hydrogens (tertiary/aromatic N) is 2. The summed E-state index contributed by atoms with van der Waals surface area (Å²) in [5.41, 5.74) is 9.52. The van der Waals surface area contributed by atoms with E-state index in [1.807, 2.05) is 50.2 Å². The molecular formula is C25H26N4O3S. The lowest BCUT2D eigenvalue weighted by Crippen LogP contribution is -2.28. The number of amides is 1. The molecule has 0 unspecified atom stereocenters. The van der Waals surface area contributed by atoms with Crippen LogP contribution in [0.3, 0.4) is 0 Å². The molecule has 7 nitrogen and oxygen atoms in total. The minimum absolute atomic E-state index is 0.274. The molecule has 0 spiro atoms. The van der Waals surface area contributed by atoms with E-state index < -0.39 is 0 Å². The molecule has 0 atom stereocenters. The molecule has 0 saturated carbocycles. The van der Waals surface area contributed by atoms with Crippen molar-refractivity contribution in [1.82, 2.24) is 10.3 Å². The number of aromatic nitrogens is 1. The molecule has 0 aliphatic carbocycles. The molecule has 8 heteroatoms. The van der Waals surface area contributed by atoms with Crippen molar-refractivity contribution in [2.24, 2.45) is 4.99 Å². The topological polar surface area (TPSA) is 98.8 Å². The first-order valence-electron chi connectivity index (χ1n) is 10.2. The quantitative estimate of drug-likeness (QED) is 0.267. The fourth-order valence-electron chi connectivity index (χ4n) is 3.35. The highest BCUT2D eigenvalue weighted by Crippen LogP contribution is 2.32. The van der Waals surface area contributed by atoms with E-state index in [4.69, 9.17) is 15.2 Å². The van der Waals surface area contributed by atoms with Crippen LogP contribution >= 0.6 is 12.6 Å². The Morgan fingerprint density at radius 2 is 1.70 bits per heavy atom. The molecule has 33 heavy (non-hydrogen) atoms. The van der Waals surface area contributed by atoms with E-state index >= 15 is 0 Å². The predicted molar refractivity (Wildman–Crippen MR) is 135 cm³/mol. The van der Waals surface area contributed by atoms with E-state index in [2.05, 4.69) is 27.9 Å². The number of carbonyl (C=O) groups is 1. The van der Waals surface area contributed by atoms with Crippen molar-refractivity contribution in [2.75, 3.05) is 12.8 Å². The van der Waals surface area contributed by atoms with Crippen LogP contribution in [-0.2, 0) is 0 Å². The van der Waals surface area contributed by atoms with Crippen molar-refractivity contribution in [3.05, 3.63) is 82.4 Å². The van der Waals surface area contributed by atoms with Crippen LogP contribution in [0.1, 0.15) is 34.0 Å². The number of hydrogen-bond acceptors (Lipinski definition) is 7. The highest BCUT2D eigenvalue weighted by Gasteiger charge is 2.13. The largest absolute Gasteiger partial charge is 0.497 e. The number of ether oxygens (including phenoxy) is 2. The van der Waals surface area contributed by atoms with Crippen LogP contribution in [0.2, 0.25) is 0 Å². The number of anilines is 1. The zero-order chi connectivity index (χ0) is 24.0. The van der Waals surface area contributed by atoms with E-state index in [-0.39, 0.29) is 11.7 Å². The average molecular weight is 463 g/mol. The Hall–Kier alpha value is -3.78. The SMILES string of the molecule is COc1ccc(Oc2cc(C)c(/C(=C/S)N=C(C)NC(=O)c3ccnc(N)c3)c(C)c2)cc1. The summed E-state index contributed by atoms with van der Waals surface area (Å²) in [6.45, 7) is 5.67. The third kappa shape index (κ3) is 6.14. The Balaban J connectivity index is 1.80. The fourth-order valence-corrected chi connectivity index (χ4v) is 3.54. The molecule has 0 aliphatic rings. The second kappa shape index (κ2) is 10.7. The molecule has 1 heterocycles. The maximum Gasteiger partial charge on any atom is 0.256 e. The molecule has 0 bridgehead atoms. The van der Waals surface area contributed by atoms with Crippen molar-refractivity contribution in [3.8, 4) is 17.2 Å². The van der Waals surface area contributed by atoms with Gasteiger partial charge in [-0.2, -0.15) is 0 Å². The maximum absolute atomic E-state index is 12.5. The zero-order valence-electron chi connectivity index (χ0n) is 18.9. The summed E-state index contributed by atoms with van der Waals surface area (Å²) in [5, 5.41) is 4.38. The van der Waals surface area contributed by atoms with E-state index in [0.717, 1.165) is 22.4 Å². The Morgan fingerprint density at radius 1 is 1.06 bits per heavy atom. The van der Waals surface area contributed by atoms with Crippen molar-refractivity contribution < 1.29 is 14.3 Å². The molecule has 0 saturated heterocycles. The number of aliphatic imine (C=N–C) groups is 1. The predicted octanol–water partition coefficient (Wildman–Crippen LogP) is 5.16. The van der Waals surface area contributed by atoms with Gasteiger partial charge in [-0.3, -0.25) is 4.79 Å². The molecule has 1 amide bonds. The van der Waals surface area contributed by atoms with Gasteiger partial charge in [0.1, 0.15) is 28.9 Å². The van der Waals surface area contributed by atoms with Crippen molar-refractivity contribution in [3.63, 3.8) is 0 Å². The number of aryl methyl sites for hydroxylation is 2. The van der Waals surface area contributed by atoms with Gasteiger partial charge in [-0.25, -0.2) is 9.98 Å². The van der Waals surface area contributed by atoms with Crippen molar-refractivity contribution in [1.29, 1.82) is 0 Å². The van der Waals surface area contributed by atoms with Gasteiger partial charge in [-0.1, -0.05) is 0 Å². The Morgan fingerprint density at radius 3 is 2.27 bits per heavy atom. The van der Waals surface area contributed by atoms with Gasteiger partial charge >= 0.3 is 0 Å². The Labute approximate surface area is 198 Å². The van der Waals surface area contributed by atoms with Crippen LogP contribution < -0.4 is 20.5 Å². The molecule has 0 aliphatic heterocycles. The third-order valence-corrected chi connectivity index (χ3v) is 5.05. The summed E-state index contributed by atoms with van der Waals surface area (Å²) in [5.74, 6) is 2.56. The van der Waals surface area contributed by atoms with Crippen LogP contribution in [-0.4, -0.2) is 23.8 Å². The number of amidine groups is 1. The summed E-state index contributed by atoms with van der Waals surface area (Å²) in [6.07, 6.45) is 1.48. The number of hydrogen-bond donors (Lipinski definition) is 3. The summed E-state index contributed by atoms with van der Waals surface area (Å²) in [6, 6.07) is 14.4. The van der Waals surface area contributed by atoms with Gasteiger partial charge in [0.05, 0.1) is 12.8 Å². The Bertz CT molecular complexity index is 1200. The number of nitrogens with two attached hydrogens (primary N) is 1. The number of pyridine rings is 1. The van der Waals surface area contributed by atoms with Crippen molar-refractivity contribution in [2.45, 2.75) is 20.8 Å². The molecule has 3 aromatic rings. The van der Waals surface area contributed by atoms with Gasteiger partial charge in [0.15, 0.2) is 0 Å². The highest BCUT2D eigenvalue weighted by molar-refractivity contribution is 7.83. The van der Waals surface area contributed by atoms with Crippen LogP contribution in [0.5, 0.6) is 17.2 Å². The standard InChI is InChI=1S/C25H26N4O3S/c1-15-11-21(32-20-7-5-19(31-4)6-8-20)12-16(2)24(15)22(14-33)28-17(3)29-25(30)18-9-10-27-23(26)13-18/h5-14,33H,1-4H3,(H2,26,27)(H,28,29,30)/b22-14-. The maximum atomic E-state index is 12.5. The molecule has 170 valence electrons. The summed E-state index contributed by atoms with van der Waals surface area (Å²) >= 11 is 4.35. The third-order valence-electron chi connectivity index (χ3n) is 4.81. The van der Waals surface area contributed by atoms with Gasteiger partial charge in [0.25, 0.3) is 5.91 Å². The van der Waals surface area contributed by atoms with Gasteiger partial charge in [-0.15, -0.1) is 12.6 Å². The first-order valence-corrected chi connectivity index (χ1v) is 10.7. The van der Waals surface area contributed by atoms with Gasteiger partial charge in [0.2, 0.25) is 0 Å². The lowest BCUT2D eigenvalue weighted by Gasteiger charge is -2.15.